The highest BCUT2D eigenvalue weighted by molar-refractivity contribution is 5.92. The summed E-state index contributed by atoms with van der Waals surface area (Å²) in [5.74, 6) is 0.794. The Morgan fingerprint density at radius 2 is 1.76 bits per heavy atom. The molecule has 0 radical (unpaired) electrons. The molecule has 0 bridgehead atoms. The highest BCUT2D eigenvalue weighted by atomic mass is 16.5. The topological polar surface area (TPSA) is 71.9 Å². The molecule has 2 aromatic heterocycles. The highest BCUT2D eigenvalue weighted by Gasteiger charge is 2.16. The lowest BCUT2D eigenvalue weighted by Gasteiger charge is -2.09. The number of nitrogens with zero attached hydrogens (tertiary/aromatic N) is 2. The number of fused-ring (bicyclic) bond motifs is 1. The van der Waals surface area contributed by atoms with Crippen molar-refractivity contribution >= 4 is 16.7 Å². The Morgan fingerprint density at radius 3 is 2.53 bits per heavy atom. The molecule has 0 fully saturated rings. The largest absolute Gasteiger partial charge is 0.494 e. The molecule has 6 nitrogen and oxygen atoms in total. The van der Waals surface area contributed by atoms with Gasteiger partial charge in [-0.2, -0.15) is 5.10 Å². The van der Waals surface area contributed by atoms with Crippen molar-refractivity contribution in [2.45, 2.75) is 20.4 Å². The van der Waals surface area contributed by atoms with E-state index in [1.165, 1.54) is 5.56 Å². The molecule has 0 unspecified atom stereocenters. The molecule has 0 saturated heterocycles. The minimum absolute atomic E-state index is 0.145. The summed E-state index contributed by atoms with van der Waals surface area (Å²) in [5, 5.41) is 9.14. The van der Waals surface area contributed by atoms with E-state index >= 15 is 0 Å². The zero-order valence-electron chi connectivity index (χ0n) is 19.2. The average molecular weight is 451 g/mol. The summed E-state index contributed by atoms with van der Waals surface area (Å²) in [6, 6.07) is 27.8. The molecule has 6 heteroatoms. The number of ether oxygens (including phenoxy) is 1. The number of hydrogen-bond acceptors (Lipinski definition) is 4. The first-order valence-corrected chi connectivity index (χ1v) is 11.4. The first-order chi connectivity index (χ1) is 16.6. The van der Waals surface area contributed by atoms with E-state index in [9.17, 15) is 4.79 Å². The zero-order valence-corrected chi connectivity index (χ0v) is 19.2. The first-order valence-electron chi connectivity index (χ1n) is 11.4. The molecule has 0 amide bonds. The maximum atomic E-state index is 13.0. The van der Waals surface area contributed by atoms with Crippen LogP contribution in [0, 0.1) is 6.92 Å². The van der Waals surface area contributed by atoms with Gasteiger partial charge in [-0.15, -0.1) is 0 Å². The predicted octanol–water partition coefficient (Wildman–Crippen LogP) is 5.70. The number of nitrogens with one attached hydrogen (secondary N) is 2. The summed E-state index contributed by atoms with van der Waals surface area (Å²) in [7, 11) is 0. The molecule has 0 aliphatic rings. The quantitative estimate of drug-likeness (QED) is 0.334. The third kappa shape index (κ3) is 4.30. The lowest BCUT2D eigenvalue weighted by molar-refractivity contribution is 0.340. The van der Waals surface area contributed by atoms with Crippen LogP contribution in [0.2, 0.25) is 0 Å². The molecule has 34 heavy (non-hydrogen) atoms. The smallest absolute Gasteiger partial charge is 0.254 e. The van der Waals surface area contributed by atoms with E-state index in [1.54, 1.807) is 4.68 Å². The van der Waals surface area contributed by atoms with Crippen molar-refractivity contribution in [3.8, 4) is 22.7 Å². The molecule has 0 saturated carbocycles. The van der Waals surface area contributed by atoms with Crippen molar-refractivity contribution in [3.63, 3.8) is 0 Å². The van der Waals surface area contributed by atoms with Crippen molar-refractivity contribution in [3.05, 3.63) is 106 Å². The number of benzene rings is 3. The SMILES string of the molecule is CCOc1cccc(NCc2cc3c(-c4ccc(C)cc4)nn(-c4ccccc4)c3[nH]c2=O)c1. The van der Waals surface area contributed by atoms with Gasteiger partial charge in [-0.05, 0) is 44.2 Å². The van der Waals surface area contributed by atoms with E-state index in [-0.39, 0.29) is 5.56 Å². The second-order valence-electron chi connectivity index (χ2n) is 8.16. The minimum Gasteiger partial charge on any atom is -0.494 e. The van der Waals surface area contributed by atoms with E-state index in [0.29, 0.717) is 24.4 Å². The number of hydrogen-bond donors (Lipinski definition) is 2. The van der Waals surface area contributed by atoms with E-state index in [4.69, 9.17) is 9.84 Å². The molecule has 170 valence electrons. The van der Waals surface area contributed by atoms with Gasteiger partial charge in [0.25, 0.3) is 5.56 Å². The maximum absolute atomic E-state index is 13.0. The van der Waals surface area contributed by atoms with E-state index in [1.807, 2.05) is 67.6 Å². The van der Waals surface area contributed by atoms with Crippen LogP contribution in [0.3, 0.4) is 0 Å². The van der Waals surface area contributed by atoms with Gasteiger partial charge >= 0.3 is 0 Å². The number of aryl methyl sites for hydroxylation is 1. The van der Waals surface area contributed by atoms with Crippen LogP contribution >= 0.6 is 0 Å². The maximum Gasteiger partial charge on any atom is 0.254 e. The van der Waals surface area contributed by atoms with Crippen molar-refractivity contribution < 1.29 is 4.74 Å². The van der Waals surface area contributed by atoms with Gasteiger partial charge < -0.3 is 15.0 Å². The van der Waals surface area contributed by atoms with Crippen LogP contribution in [0.25, 0.3) is 28.0 Å². The van der Waals surface area contributed by atoms with Gasteiger partial charge in [0.1, 0.15) is 17.1 Å². The lowest BCUT2D eigenvalue weighted by atomic mass is 10.1. The highest BCUT2D eigenvalue weighted by Crippen LogP contribution is 2.29. The second kappa shape index (κ2) is 9.27. The van der Waals surface area contributed by atoms with Crippen LogP contribution in [0.4, 0.5) is 5.69 Å². The summed E-state index contributed by atoms with van der Waals surface area (Å²) in [5.41, 5.74) is 5.96. The fourth-order valence-corrected chi connectivity index (χ4v) is 3.99. The Morgan fingerprint density at radius 1 is 0.971 bits per heavy atom. The van der Waals surface area contributed by atoms with Gasteiger partial charge in [0.2, 0.25) is 0 Å². The Bertz CT molecular complexity index is 1490. The molecular weight excluding hydrogens is 424 g/mol. The number of anilines is 1. The van der Waals surface area contributed by atoms with Crippen molar-refractivity contribution in [1.82, 2.24) is 14.8 Å². The van der Waals surface area contributed by atoms with Gasteiger partial charge in [0, 0.05) is 34.8 Å². The number of aromatic nitrogens is 3. The number of pyridine rings is 1. The monoisotopic (exact) mass is 450 g/mol. The molecule has 3 aromatic carbocycles. The van der Waals surface area contributed by atoms with Crippen LogP contribution in [-0.2, 0) is 6.54 Å². The van der Waals surface area contributed by atoms with E-state index in [0.717, 1.165) is 33.8 Å². The predicted molar refractivity (Wildman–Crippen MR) is 137 cm³/mol. The van der Waals surface area contributed by atoms with Crippen LogP contribution in [0.1, 0.15) is 18.1 Å². The van der Waals surface area contributed by atoms with Gasteiger partial charge in [-0.1, -0.05) is 54.1 Å². The molecular formula is C28H26N4O2. The molecule has 0 aliphatic heterocycles. The normalized spacial score (nSPS) is 11.0. The Balaban J connectivity index is 1.57. The summed E-state index contributed by atoms with van der Waals surface area (Å²) in [4.78, 5) is 16.1. The zero-order chi connectivity index (χ0) is 23.5. The molecule has 0 aliphatic carbocycles. The fraction of sp³-hybridized carbons (Fsp3) is 0.143. The average Bonchev–Trinajstić information content (AvgIpc) is 3.22. The summed E-state index contributed by atoms with van der Waals surface area (Å²) < 4.78 is 7.38. The Kier molecular flexibility index (Phi) is 5.87. The molecule has 2 N–H and O–H groups in total. The molecule has 2 heterocycles. The van der Waals surface area contributed by atoms with Gasteiger partial charge in [-0.3, -0.25) is 4.79 Å². The standard InChI is InChI=1S/C28H26N4O2/c1-3-34-24-11-7-8-22(17-24)29-18-21-16-25-26(20-14-12-19(2)13-15-20)31-32(27(25)30-28(21)33)23-9-5-4-6-10-23/h4-17,29H,3,18H2,1-2H3,(H,30,33). The van der Waals surface area contributed by atoms with E-state index in [2.05, 4.69) is 41.5 Å². The van der Waals surface area contributed by atoms with Crippen molar-refractivity contribution in [1.29, 1.82) is 0 Å². The van der Waals surface area contributed by atoms with Gasteiger partial charge in [0.05, 0.1) is 12.3 Å². The second-order valence-corrected chi connectivity index (χ2v) is 8.16. The van der Waals surface area contributed by atoms with Crippen LogP contribution in [0.15, 0.2) is 89.7 Å². The van der Waals surface area contributed by atoms with Crippen LogP contribution < -0.4 is 15.6 Å². The molecule has 5 aromatic rings. The summed E-state index contributed by atoms with van der Waals surface area (Å²) >= 11 is 0. The van der Waals surface area contributed by atoms with Gasteiger partial charge in [0.15, 0.2) is 0 Å². The lowest BCUT2D eigenvalue weighted by Crippen LogP contribution is -2.16. The number of para-hydroxylation sites is 1. The summed E-state index contributed by atoms with van der Waals surface area (Å²) in [6.07, 6.45) is 0. The first kappa shape index (κ1) is 21.5. The van der Waals surface area contributed by atoms with E-state index < -0.39 is 0 Å². The molecule has 0 atom stereocenters. The number of rotatable bonds is 7. The number of H-pyrrole nitrogens is 1. The Hall–Kier alpha value is -4.32. The Labute approximate surface area is 197 Å². The van der Waals surface area contributed by atoms with Gasteiger partial charge in [-0.25, -0.2) is 4.68 Å². The van der Waals surface area contributed by atoms with Crippen molar-refractivity contribution in [2.75, 3.05) is 11.9 Å². The molecule has 5 rings (SSSR count). The minimum atomic E-state index is -0.145. The van der Waals surface area contributed by atoms with Crippen LogP contribution in [0.5, 0.6) is 5.75 Å². The summed E-state index contributed by atoms with van der Waals surface area (Å²) in [6.45, 7) is 5.00. The van der Waals surface area contributed by atoms with Crippen molar-refractivity contribution in [2.24, 2.45) is 0 Å². The fourth-order valence-electron chi connectivity index (χ4n) is 3.99. The molecule has 0 spiro atoms. The third-order valence-corrected chi connectivity index (χ3v) is 5.72. The third-order valence-electron chi connectivity index (χ3n) is 5.72. The van der Waals surface area contributed by atoms with Crippen LogP contribution in [-0.4, -0.2) is 21.4 Å². The number of aromatic amines is 1.